The van der Waals surface area contributed by atoms with E-state index in [0.29, 0.717) is 11.3 Å². The highest BCUT2D eigenvalue weighted by atomic mass is 32.1. The van der Waals surface area contributed by atoms with Crippen molar-refractivity contribution in [2.75, 3.05) is 26.0 Å². The normalized spacial score (nSPS) is 11.8. The number of carbonyl (C=O) groups is 2. The van der Waals surface area contributed by atoms with Gasteiger partial charge in [-0.15, -0.1) is 0 Å². The van der Waals surface area contributed by atoms with Crippen molar-refractivity contribution in [1.29, 1.82) is 0 Å². The van der Waals surface area contributed by atoms with Gasteiger partial charge in [-0.05, 0) is 26.1 Å². The SMILES string of the molecule is CNC(=O)CN(C)C(C)C(=O)Nc1ccccc1C(N)=S. The Hall–Kier alpha value is -1.99. The minimum atomic E-state index is -0.471. The summed E-state index contributed by atoms with van der Waals surface area (Å²) in [5.74, 6) is -0.384. The second-order valence-electron chi connectivity index (χ2n) is 4.66. The molecule has 4 N–H and O–H groups in total. The van der Waals surface area contributed by atoms with Gasteiger partial charge in [0.1, 0.15) is 4.99 Å². The molecular formula is C14H20N4O2S. The maximum Gasteiger partial charge on any atom is 0.241 e. The number of thiocarbonyl (C=S) groups is 1. The van der Waals surface area contributed by atoms with Gasteiger partial charge >= 0.3 is 0 Å². The topological polar surface area (TPSA) is 87.5 Å². The van der Waals surface area contributed by atoms with Crippen LogP contribution in [-0.4, -0.2) is 48.4 Å². The predicted octanol–water partition coefficient (Wildman–Crippen LogP) is 0.326. The molecular weight excluding hydrogens is 288 g/mol. The van der Waals surface area contributed by atoms with Crippen LogP contribution in [0.4, 0.5) is 5.69 Å². The zero-order valence-corrected chi connectivity index (χ0v) is 13.2. The number of anilines is 1. The van der Waals surface area contributed by atoms with Gasteiger partial charge < -0.3 is 16.4 Å². The number of benzene rings is 1. The lowest BCUT2D eigenvalue weighted by Crippen LogP contribution is -2.44. The Balaban J connectivity index is 2.77. The van der Waals surface area contributed by atoms with Crippen LogP contribution in [-0.2, 0) is 9.59 Å². The van der Waals surface area contributed by atoms with Crippen LogP contribution in [0.3, 0.4) is 0 Å². The van der Waals surface area contributed by atoms with E-state index in [-0.39, 0.29) is 23.3 Å². The highest BCUT2D eigenvalue weighted by molar-refractivity contribution is 7.80. The van der Waals surface area contributed by atoms with Gasteiger partial charge in [-0.3, -0.25) is 14.5 Å². The summed E-state index contributed by atoms with van der Waals surface area (Å²) >= 11 is 4.96. The van der Waals surface area contributed by atoms with Gasteiger partial charge in [-0.2, -0.15) is 0 Å². The molecule has 0 aliphatic heterocycles. The molecule has 0 spiro atoms. The fourth-order valence-corrected chi connectivity index (χ4v) is 1.86. The zero-order valence-electron chi connectivity index (χ0n) is 12.3. The van der Waals surface area contributed by atoms with Crippen molar-refractivity contribution in [3.63, 3.8) is 0 Å². The van der Waals surface area contributed by atoms with E-state index in [1.807, 2.05) is 0 Å². The number of nitrogens with one attached hydrogen (secondary N) is 2. The average Bonchev–Trinajstić information content (AvgIpc) is 2.46. The van der Waals surface area contributed by atoms with Gasteiger partial charge in [0.25, 0.3) is 0 Å². The summed E-state index contributed by atoms with van der Waals surface area (Å²) < 4.78 is 0. The summed E-state index contributed by atoms with van der Waals surface area (Å²) in [6, 6.07) is 6.60. The summed E-state index contributed by atoms with van der Waals surface area (Å²) in [7, 11) is 3.26. The molecule has 2 amide bonds. The summed E-state index contributed by atoms with van der Waals surface area (Å²) in [6.45, 7) is 1.86. The van der Waals surface area contributed by atoms with Crippen molar-refractivity contribution in [1.82, 2.24) is 10.2 Å². The number of amides is 2. The molecule has 1 aromatic rings. The highest BCUT2D eigenvalue weighted by Gasteiger charge is 2.20. The van der Waals surface area contributed by atoms with Crippen LogP contribution < -0.4 is 16.4 Å². The second kappa shape index (κ2) is 7.70. The Kier molecular flexibility index (Phi) is 6.26. The fourth-order valence-electron chi connectivity index (χ4n) is 1.69. The molecule has 0 saturated heterocycles. The lowest BCUT2D eigenvalue weighted by Gasteiger charge is -2.23. The molecule has 0 bridgehead atoms. The second-order valence-corrected chi connectivity index (χ2v) is 5.10. The van der Waals surface area contributed by atoms with Crippen LogP contribution >= 0.6 is 12.2 Å². The van der Waals surface area contributed by atoms with E-state index in [2.05, 4.69) is 10.6 Å². The summed E-state index contributed by atoms with van der Waals surface area (Å²) in [5.41, 5.74) is 6.80. The van der Waals surface area contributed by atoms with E-state index < -0.39 is 6.04 Å². The van der Waals surface area contributed by atoms with Gasteiger partial charge in [0.15, 0.2) is 0 Å². The minimum absolute atomic E-state index is 0.141. The molecule has 0 saturated carbocycles. The summed E-state index contributed by atoms with van der Waals surface area (Å²) in [5, 5.41) is 5.30. The maximum absolute atomic E-state index is 12.2. The Labute approximate surface area is 129 Å². The van der Waals surface area contributed by atoms with Crippen molar-refractivity contribution >= 4 is 34.7 Å². The van der Waals surface area contributed by atoms with E-state index in [0.717, 1.165) is 0 Å². The van der Waals surface area contributed by atoms with Crippen molar-refractivity contribution in [3.05, 3.63) is 29.8 Å². The third kappa shape index (κ3) is 4.80. The molecule has 1 rings (SSSR count). The number of hydrogen-bond donors (Lipinski definition) is 3. The molecule has 0 fully saturated rings. The average molecular weight is 308 g/mol. The minimum Gasteiger partial charge on any atom is -0.389 e. The molecule has 0 aromatic heterocycles. The quantitative estimate of drug-likeness (QED) is 0.659. The third-order valence-electron chi connectivity index (χ3n) is 3.16. The van der Waals surface area contributed by atoms with Crippen molar-refractivity contribution in [3.8, 4) is 0 Å². The van der Waals surface area contributed by atoms with E-state index in [4.69, 9.17) is 18.0 Å². The van der Waals surface area contributed by atoms with Crippen molar-refractivity contribution < 1.29 is 9.59 Å². The number of carbonyl (C=O) groups excluding carboxylic acids is 2. The number of rotatable bonds is 6. The van der Waals surface area contributed by atoms with E-state index in [1.54, 1.807) is 50.2 Å². The Morgan fingerprint density at radius 1 is 1.38 bits per heavy atom. The number of likely N-dealkylation sites (N-methyl/N-ethyl adjacent to an activating group) is 2. The van der Waals surface area contributed by atoms with E-state index in [9.17, 15) is 9.59 Å². The molecule has 1 aromatic carbocycles. The largest absolute Gasteiger partial charge is 0.389 e. The predicted molar refractivity (Wildman–Crippen MR) is 87.1 cm³/mol. The fraction of sp³-hybridized carbons (Fsp3) is 0.357. The maximum atomic E-state index is 12.2. The van der Waals surface area contributed by atoms with Gasteiger partial charge in [0.2, 0.25) is 11.8 Å². The van der Waals surface area contributed by atoms with Crippen LogP contribution in [0, 0.1) is 0 Å². The Morgan fingerprint density at radius 3 is 2.57 bits per heavy atom. The van der Waals surface area contributed by atoms with Crippen molar-refractivity contribution in [2.24, 2.45) is 5.73 Å². The van der Waals surface area contributed by atoms with Crippen LogP contribution in [0.15, 0.2) is 24.3 Å². The van der Waals surface area contributed by atoms with Crippen molar-refractivity contribution in [2.45, 2.75) is 13.0 Å². The van der Waals surface area contributed by atoms with Gasteiger partial charge in [0, 0.05) is 12.6 Å². The molecule has 1 atom stereocenters. The lowest BCUT2D eigenvalue weighted by atomic mass is 10.1. The first-order valence-electron chi connectivity index (χ1n) is 6.47. The first-order valence-corrected chi connectivity index (χ1v) is 6.88. The molecule has 0 aliphatic carbocycles. The number of nitrogens with zero attached hydrogens (tertiary/aromatic N) is 1. The summed E-state index contributed by atoms with van der Waals surface area (Å²) in [6.07, 6.45) is 0. The van der Waals surface area contributed by atoms with Gasteiger partial charge in [-0.25, -0.2) is 0 Å². The number of para-hydroxylation sites is 1. The first-order chi connectivity index (χ1) is 9.86. The molecule has 1 unspecified atom stereocenters. The lowest BCUT2D eigenvalue weighted by molar-refractivity contribution is -0.124. The molecule has 6 nitrogen and oxygen atoms in total. The molecule has 0 radical (unpaired) electrons. The monoisotopic (exact) mass is 308 g/mol. The summed E-state index contributed by atoms with van der Waals surface area (Å²) in [4.78, 5) is 25.4. The third-order valence-corrected chi connectivity index (χ3v) is 3.38. The van der Waals surface area contributed by atoms with E-state index >= 15 is 0 Å². The first kappa shape index (κ1) is 17.1. The molecule has 7 heteroatoms. The van der Waals surface area contributed by atoms with E-state index in [1.165, 1.54) is 0 Å². The van der Waals surface area contributed by atoms with Crippen LogP contribution in [0.5, 0.6) is 0 Å². The van der Waals surface area contributed by atoms with Gasteiger partial charge in [-0.1, -0.05) is 24.4 Å². The molecule has 0 heterocycles. The smallest absolute Gasteiger partial charge is 0.241 e. The number of nitrogens with two attached hydrogens (primary N) is 1. The Morgan fingerprint density at radius 2 is 2.00 bits per heavy atom. The Bertz CT molecular complexity index is 548. The highest BCUT2D eigenvalue weighted by Crippen LogP contribution is 2.15. The molecule has 21 heavy (non-hydrogen) atoms. The van der Waals surface area contributed by atoms with Crippen LogP contribution in [0.2, 0.25) is 0 Å². The molecule has 114 valence electrons. The van der Waals surface area contributed by atoms with Crippen LogP contribution in [0.25, 0.3) is 0 Å². The molecule has 0 aliphatic rings. The van der Waals surface area contributed by atoms with Gasteiger partial charge in [0.05, 0.1) is 18.3 Å². The van der Waals surface area contributed by atoms with Crippen LogP contribution in [0.1, 0.15) is 12.5 Å². The number of hydrogen-bond acceptors (Lipinski definition) is 4. The standard InChI is InChI=1S/C14H20N4O2S/c1-9(18(3)8-12(19)16-2)14(20)17-11-7-5-4-6-10(11)13(15)21/h4-7,9H,8H2,1-3H3,(H2,15,21)(H,16,19)(H,17,20). The zero-order chi connectivity index (χ0) is 16.0.